The fraction of sp³-hybridized carbons (Fsp3) is 0.929. The zero-order chi connectivity index (χ0) is 16.8. The van der Waals surface area contributed by atoms with Crippen molar-refractivity contribution in [1.29, 1.82) is 0 Å². The van der Waals surface area contributed by atoms with Crippen molar-refractivity contribution in [1.82, 2.24) is 19.4 Å². The number of carbonyl (C=O) groups excluding carboxylic acids is 1. The van der Waals surface area contributed by atoms with E-state index in [0.29, 0.717) is 32.5 Å². The van der Waals surface area contributed by atoms with E-state index >= 15 is 0 Å². The minimum Gasteiger partial charge on any atom is -0.337 e. The number of carbonyl (C=O) groups is 1. The molecule has 0 radical (unpaired) electrons. The molecule has 1 N–H and O–H groups in total. The van der Waals surface area contributed by atoms with Crippen LogP contribution in [-0.4, -0.2) is 87.2 Å². The van der Waals surface area contributed by atoms with E-state index < -0.39 is 10.0 Å². The van der Waals surface area contributed by atoms with Gasteiger partial charge in [0.2, 0.25) is 10.0 Å². The average Bonchev–Trinajstić information content (AvgIpc) is 2.50. The molecule has 130 valence electrons. The molecule has 0 aromatic heterocycles. The van der Waals surface area contributed by atoms with Gasteiger partial charge in [-0.3, -0.25) is 0 Å². The van der Waals surface area contributed by atoms with Crippen LogP contribution in [0.25, 0.3) is 0 Å². The van der Waals surface area contributed by atoms with Crippen LogP contribution < -0.4 is 5.32 Å². The highest BCUT2D eigenvalue weighted by Crippen LogP contribution is 2.17. The second-order valence-electron chi connectivity index (χ2n) is 5.76. The van der Waals surface area contributed by atoms with E-state index in [-0.39, 0.29) is 12.1 Å². The van der Waals surface area contributed by atoms with Crippen molar-refractivity contribution in [3.63, 3.8) is 0 Å². The number of hydrogen-bond acceptors (Lipinski definition) is 4. The summed E-state index contributed by atoms with van der Waals surface area (Å²) in [5.74, 6) is 0. The van der Waals surface area contributed by atoms with Crippen LogP contribution in [0, 0.1) is 0 Å². The van der Waals surface area contributed by atoms with Crippen molar-refractivity contribution in [2.24, 2.45) is 0 Å². The van der Waals surface area contributed by atoms with Crippen LogP contribution in [0.1, 0.15) is 26.7 Å². The zero-order valence-electron chi connectivity index (χ0n) is 14.2. The summed E-state index contributed by atoms with van der Waals surface area (Å²) < 4.78 is 24.5. The maximum atomic E-state index is 12.1. The first-order chi connectivity index (χ1) is 10.3. The number of likely N-dealkylation sites (N-methyl/N-ethyl adjacent to an activating group) is 1. The molecule has 0 atom stereocenters. The normalized spacial score (nSPS) is 17.3. The van der Waals surface area contributed by atoms with Gasteiger partial charge in [0.15, 0.2) is 0 Å². The molecule has 1 saturated heterocycles. The zero-order valence-corrected chi connectivity index (χ0v) is 15.0. The van der Waals surface area contributed by atoms with Crippen LogP contribution in [-0.2, 0) is 10.0 Å². The Morgan fingerprint density at radius 3 is 2.23 bits per heavy atom. The SMILES string of the molecule is CCN(CC)CCNC(=O)N1CCC(N(C)S(C)(=O)=O)CC1. The molecule has 1 fully saturated rings. The predicted octanol–water partition coefficient (Wildman–Crippen LogP) is 0.394. The Morgan fingerprint density at radius 2 is 1.77 bits per heavy atom. The van der Waals surface area contributed by atoms with Gasteiger partial charge in [0.25, 0.3) is 0 Å². The van der Waals surface area contributed by atoms with E-state index in [9.17, 15) is 13.2 Å². The van der Waals surface area contributed by atoms with E-state index in [1.807, 2.05) is 0 Å². The first-order valence-electron chi connectivity index (χ1n) is 7.97. The molecule has 0 bridgehead atoms. The third kappa shape index (κ3) is 5.73. The number of piperidine rings is 1. The van der Waals surface area contributed by atoms with Crippen molar-refractivity contribution in [2.75, 3.05) is 52.6 Å². The van der Waals surface area contributed by atoms with Crippen molar-refractivity contribution in [2.45, 2.75) is 32.7 Å². The Kier molecular flexibility index (Phi) is 7.58. The molecule has 1 aliphatic rings. The topological polar surface area (TPSA) is 73.0 Å². The standard InChI is InChI=1S/C14H30N4O3S/c1-5-17(6-2)12-9-15-14(19)18-10-7-13(8-11-18)16(3)22(4,20)21/h13H,5-12H2,1-4H3,(H,15,19). The molecule has 2 amide bonds. The fourth-order valence-corrected chi connectivity index (χ4v) is 3.43. The Labute approximate surface area is 134 Å². The summed E-state index contributed by atoms with van der Waals surface area (Å²) in [6.45, 7) is 8.87. The van der Waals surface area contributed by atoms with Crippen LogP contribution in [0.15, 0.2) is 0 Å². The van der Waals surface area contributed by atoms with Crippen LogP contribution in [0.3, 0.4) is 0 Å². The Bertz CT molecular complexity index is 443. The summed E-state index contributed by atoms with van der Waals surface area (Å²) in [6.07, 6.45) is 2.60. The highest BCUT2D eigenvalue weighted by atomic mass is 32.2. The summed E-state index contributed by atoms with van der Waals surface area (Å²) in [5.41, 5.74) is 0. The van der Waals surface area contributed by atoms with Gasteiger partial charge in [-0.05, 0) is 25.9 Å². The van der Waals surface area contributed by atoms with Gasteiger partial charge in [-0.25, -0.2) is 17.5 Å². The summed E-state index contributed by atoms with van der Waals surface area (Å²) >= 11 is 0. The van der Waals surface area contributed by atoms with Gasteiger partial charge >= 0.3 is 6.03 Å². The third-order valence-electron chi connectivity index (χ3n) is 4.39. The van der Waals surface area contributed by atoms with Gasteiger partial charge in [0.05, 0.1) is 6.26 Å². The van der Waals surface area contributed by atoms with Crippen LogP contribution >= 0.6 is 0 Å². The first-order valence-corrected chi connectivity index (χ1v) is 9.82. The molecular formula is C14H30N4O3S. The van der Waals surface area contributed by atoms with Gasteiger partial charge in [-0.15, -0.1) is 0 Å². The second kappa shape index (κ2) is 8.69. The number of urea groups is 1. The van der Waals surface area contributed by atoms with E-state index in [1.54, 1.807) is 11.9 Å². The van der Waals surface area contributed by atoms with Gasteiger partial charge < -0.3 is 15.1 Å². The largest absolute Gasteiger partial charge is 0.337 e. The molecular weight excluding hydrogens is 304 g/mol. The molecule has 7 nitrogen and oxygen atoms in total. The van der Waals surface area contributed by atoms with Gasteiger partial charge in [-0.2, -0.15) is 0 Å². The monoisotopic (exact) mass is 334 g/mol. The van der Waals surface area contributed by atoms with Crippen LogP contribution in [0.2, 0.25) is 0 Å². The minimum absolute atomic E-state index is 0.00488. The second-order valence-corrected chi connectivity index (χ2v) is 7.80. The summed E-state index contributed by atoms with van der Waals surface area (Å²) in [7, 11) is -1.55. The number of hydrogen-bond donors (Lipinski definition) is 1. The van der Waals surface area contributed by atoms with Crippen molar-refractivity contribution < 1.29 is 13.2 Å². The van der Waals surface area contributed by atoms with E-state index in [2.05, 4.69) is 24.1 Å². The van der Waals surface area contributed by atoms with E-state index in [4.69, 9.17) is 0 Å². The molecule has 22 heavy (non-hydrogen) atoms. The van der Waals surface area contributed by atoms with Crippen molar-refractivity contribution in [3.8, 4) is 0 Å². The molecule has 0 aromatic rings. The van der Waals surface area contributed by atoms with Crippen molar-refractivity contribution in [3.05, 3.63) is 0 Å². The van der Waals surface area contributed by atoms with E-state index in [1.165, 1.54) is 10.6 Å². The lowest BCUT2D eigenvalue weighted by Crippen LogP contribution is -2.50. The number of sulfonamides is 1. The van der Waals surface area contributed by atoms with Crippen molar-refractivity contribution >= 4 is 16.1 Å². The lowest BCUT2D eigenvalue weighted by Gasteiger charge is -2.35. The lowest BCUT2D eigenvalue weighted by atomic mass is 10.1. The molecule has 0 aliphatic carbocycles. The smallest absolute Gasteiger partial charge is 0.317 e. The van der Waals surface area contributed by atoms with Gasteiger partial charge in [-0.1, -0.05) is 13.8 Å². The third-order valence-corrected chi connectivity index (χ3v) is 5.73. The molecule has 0 unspecified atom stereocenters. The van der Waals surface area contributed by atoms with Crippen LogP contribution in [0.5, 0.6) is 0 Å². The molecule has 0 aromatic carbocycles. The maximum Gasteiger partial charge on any atom is 0.317 e. The fourth-order valence-electron chi connectivity index (χ4n) is 2.68. The molecule has 1 rings (SSSR count). The van der Waals surface area contributed by atoms with Crippen LogP contribution in [0.4, 0.5) is 4.79 Å². The number of nitrogens with one attached hydrogen (secondary N) is 1. The van der Waals surface area contributed by atoms with Gasteiger partial charge in [0, 0.05) is 39.3 Å². The molecule has 0 spiro atoms. The lowest BCUT2D eigenvalue weighted by molar-refractivity contribution is 0.163. The first kappa shape index (κ1) is 19.2. The highest BCUT2D eigenvalue weighted by molar-refractivity contribution is 7.88. The molecule has 0 saturated carbocycles. The molecule has 1 aliphatic heterocycles. The Morgan fingerprint density at radius 1 is 1.23 bits per heavy atom. The summed E-state index contributed by atoms with van der Waals surface area (Å²) in [6, 6.07) is -0.0534. The van der Waals surface area contributed by atoms with Gasteiger partial charge in [0.1, 0.15) is 0 Å². The average molecular weight is 334 g/mol. The highest BCUT2D eigenvalue weighted by Gasteiger charge is 2.28. The quantitative estimate of drug-likeness (QED) is 0.731. The minimum atomic E-state index is -3.16. The summed E-state index contributed by atoms with van der Waals surface area (Å²) in [5, 5.41) is 2.94. The molecule has 1 heterocycles. The predicted molar refractivity (Wildman–Crippen MR) is 88.4 cm³/mol. The number of likely N-dealkylation sites (tertiary alicyclic amines) is 1. The Balaban J connectivity index is 2.34. The summed E-state index contributed by atoms with van der Waals surface area (Å²) in [4.78, 5) is 16.1. The number of rotatable bonds is 7. The van der Waals surface area contributed by atoms with E-state index in [0.717, 1.165) is 19.6 Å². The number of nitrogens with zero attached hydrogens (tertiary/aromatic N) is 3. The Hall–Kier alpha value is -0.860. The number of amides is 2. The molecule has 8 heteroatoms. The maximum absolute atomic E-state index is 12.1.